The zero-order valence-corrected chi connectivity index (χ0v) is 12.5. The molecule has 0 bridgehead atoms. The standard InChI is InChI=1S/C14H12N4O3S/c1-9-2-4-10(5-3-9)22-8-12(19)16-14-18-17-13(20-14)11-6-7-15-21-11/h2-7H,8H2,1H3,(H,16,18,19). The van der Waals surface area contributed by atoms with Crippen molar-refractivity contribution in [1.82, 2.24) is 15.4 Å². The SMILES string of the molecule is Cc1ccc(SCC(=O)Nc2nnc(-c3ccno3)o2)cc1. The van der Waals surface area contributed by atoms with E-state index >= 15 is 0 Å². The van der Waals surface area contributed by atoms with Gasteiger partial charge in [-0.15, -0.1) is 16.9 Å². The van der Waals surface area contributed by atoms with Crippen LogP contribution in [0.15, 0.2) is 50.4 Å². The second kappa shape index (κ2) is 6.44. The van der Waals surface area contributed by atoms with Crippen molar-refractivity contribution in [1.29, 1.82) is 0 Å². The number of nitrogens with one attached hydrogen (secondary N) is 1. The van der Waals surface area contributed by atoms with E-state index in [1.54, 1.807) is 6.07 Å². The van der Waals surface area contributed by atoms with Crippen molar-refractivity contribution in [2.75, 3.05) is 11.1 Å². The van der Waals surface area contributed by atoms with Gasteiger partial charge in [-0.05, 0) is 19.1 Å². The van der Waals surface area contributed by atoms with Gasteiger partial charge in [-0.2, -0.15) is 0 Å². The first-order valence-electron chi connectivity index (χ1n) is 6.44. The molecule has 0 unspecified atom stereocenters. The minimum Gasteiger partial charge on any atom is -0.400 e. The summed E-state index contributed by atoms with van der Waals surface area (Å²) in [6, 6.07) is 9.57. The maximum absolute atomic E-state index is 11.9. The number of carbonyl (C=O) groups is 1. The van der Waals surface area contributed by atoms with Gasteiger partial charge in [0.25, 0.3) is 5.89 Å². The first-order chi connectivity index (χ1) is 10.7. The Hall–Kier alpha value is -2.61. The van der Waals surface area contributed by atoms with Gasteiger partial charge in [0.05, 0.1) is 11.9 Å². The molecule has 0 atom stereocenters. The van der Waals surface area contributed by atoms with E-state index in [2.05, 4.69) is 20.7 Å². The van der Waals surface area contributed by atoms with Crippen molar-refractivity contribution < 1.29 is 13.7 Å². The lowest BCUT2D eigenvalue weighted by Gasteiger charge is -2.01. The van der Waals surface area contributed by atoms with Crippen LogP contribution in [0.1, 0.15) is 5.56 Å². The molecule has 3 aromatic rings. The molecule has 1 N–H and O–H groups in total. The molecule has 2 aromatic heterocycles. The van der Waals surface area contributed by atoms with Gasteiger partial charge in [0.15, 0.2) is 0 Å². The van der Waals surface area contributed by atoms with Gasteiger partial charge in [0, 0.05) is 11.0 Å². The second-order valence-electron chi connectivity index (χ2n) is 4.44. The third kappa shape index (κ3) is 3.53. The normalized spacial score (nSPS) is 10.6. The highest BCUT2D eigenvalue weighted by Crippen LogP contribution is 2.20. The van der Waals surface area contributed by atoms with Gasteiger partial charge in [-0.3, -0.25) is 10.1 Å². The Morgan fingerprint density at radius 2 is 2.05 bits per heavy atom. The van der Waals surface area contributed by atoms with E-state index in [9.17, 15) is 4.79 Å². The molecular weight excluding hydrogens is 304 g/mol. The van der Waals surface area contributed by atoms with Crippen molar-refractivity contribution in [2.24, 2.45) is 0 Å². The van der Waals surface area contributed by atoms with Crippen LogP contribution in [0.25, 0.3) is 11.7 Å². The second-order valence-corrected chi connectivity index (χ2v) is 5.49. The summed E-state index contributed by atoms with van der Waals surface area (Å²) in [5, 5.41) is 13.6. The maximum atomic E-state index is 11.9. The van der Waals surface area contributed by atoms with E-state index in [1.807, 2.05) is 31.2 Å². The number of thioether (sulfide) groups is 1. The van der Waals surface area contributed by atoms with Crippen LogP contribution in [0.3, 0.4) is 0 Å². The maximum Gasteiger partial charge on any atom is 0.322 e. The van der Waals surface area contributed by atoms with E-state index in [0.29, 0.717) is 5.76 Å². The van der Waals surface area contributed by atoms with Gasteiger partial charge in [0.1, 0.15) is 0 Å². The van der Waals surface area contributed by atoms with Crippen molar-refractivity contribution in [3.05, 3.63) is 42.1 Å². The lowest BCUT2D eigenvalue weighted by atomic mass is 10.2. The van der Waals surface area contributed by atoms with Gasteiger partial charge >= 0.3 is 6.01 Å². The highest BCUT2D eigenvalue weighted by Gasteiger charge is 2.13. The summed E-state index contributed by atoms with van der Waals surface area (Å²) in [6.07, 6.45) is 1.47. The number of hydrogen-bond acceptors (Lipinski definition) is 7. The number of nitrogens with zero attached hydrogens (tertiary/aromatic N) is 3. The third-order valence-electron chi connectivity index (χ3n) is 2.71. The molecule has 0 aliphatic carbocycles. The van der Waals surface area contributed by atoms with E-state index in [-0.39, 0.29) is 23.6 Å². The molecular formula is C14H12N4O3S. The van der Waals surface area contributed by atoms with Crippen molar-refractivity contribution in [3.63, 3.8) is 0 Å². The zero-order valence-electron chi connectivity index (χ0n) is 11.6. The fraction of sp³-hybridized carbons (Fsp3) is 0.143. The van der Waals surface area contributed by atoms with Crippen LogP contribution >= 0.6 is 11.8 Å². The smallest absolute Gasteiger partial charge is 0.322 e. The summed E-state index contributed by atoms with van der Waals surface area (Å²) in [4.78, 5) is 12.9. The zero-order chi connectivity index (χ0) is 15.4. The van der Waals surface area contributed by atoms with Crippen LogP contribution < -0.4 is 5.32 Å². The Balaban J connectivity index is 1.54. The van der Waals surface area contributed by atoms with Crippen molar-refractivity contribution in [2.45, 2.75) is 11.8 Å². The summed E-state index contributed by atoms with van der Waals surface area (Å²) >= 11 is 1.43. The van der Waals surface area contributed by atoms with E-state index in [4.69, 9.17) is 8.94 Å². The highest BCUT2D eigenvalue weighted by molar-refractivity contribution is 8.00. The van der Waals surface area contributed by atoms with Gasteiger partial charge in [0.2, 0.25) is 11.7 Å². The Morgan fingerprint density at radius 1 is 1.23 bits per heavy atom. The van der Waals surface area contributed by atoms with E-state index in [1.165, 1.54) is 23.5 Å². The van der Waals surface area contributed by atoms with Crippen LogP contribution in [-0.4, -0.2) is 27.0 Å². The van der Waals surface area contributed by atoms with Gasteiger partial charge in [-0.1, -0.05) is 28.0 Å². The third-order valence-corrected chi connectivity index (χ3v) is 3.72. The average molecular weight is 316 g/mol. The molecule has 1 aromatic carbocycles. The van der Waals surface area contributed by atoms with Crippen molar-refractivity contribution in [3.8, 4) is 11.7 Å². The summed E-state index contributed by atoms with van der Waals surface area (Å²) in [5.74, 6) is 0.544. The number of hydrogen-bond donors (Lipinski definition) is 1. The quantitative estimate of drug-likeness (QED) is 0.723. The predicted molar refractivity (Wildman–Crippen MR) is 80.3 cm³/mol. The lowest BCUT2D eigenvalue weighted by Crippen LogP contribution is -2.14. The molecule has 0 saturated carbocycles. The Labute approximate surface area is 130 Å². The number of carbonyl (C=O) groups excluding carboxylic acids is 1. The summed E-state index contributed by atoms with van der Waals surface area (Å²) in [6.45, 7) is 2.02. The number of rotatable bonds is 5. The summed E-state index contributed by atoms with van der Waals surface area (Å²) in [7, 11) is 0. The molecule has 22 heavy (non-hydrogen) atoms. The first kappa shape index (κ1) is 14.3. The van der Waals surface area contributed by atoms with Crippen LogP contribution in [0.5, 0.6) is 0 Å². The average Bonchev–Trinajstić information content (AvgIpc) is 3.17. The monoisotopic (exact) mass is 316 g/mol. The largest absolute Gasteiger partial charge is 0.400 e. The topological polar surface area (TPSA) is 94.1 Å². The van der Waals surface area contributed by atoms with E-state index < -0.39 is 0 Å². The fourth-order valence-corrected chi connectivity index (χ4v) is 2.34. The Morgan fingerprint density at radius 3 is 2.77 bits per heavy atom. The molecule has 1 amide bonds. The first-order valence-corrected chi connectivity index (χ1v) is 7.43. The molecule has 0 fully saturated rings. The number of benzene rings is 1. The minimum absolute atomic E-state index is 0.0286. The fourth-order valence-electron chi connectivity index (χ4n) is 1.64. The minimum atomic E-state index is -0.224. The molecule has 3 rings (SSSR count). The number of aryl methyl sites for hydroxylation is 1. The van der Waals surface area contributed by atoms with Crippen molar-refractivity contribution >= 4 is 23.7 Å². The van der Waals surface area contributed by atoms with Crippen LogP contribution in [0.4, 0.5) is 6.01 Å². The van der Waals surface area contributed by atoms with Gasteiger partial charge in [-0.25, -0.2) is 0 Å². The molecule has 112 valence electrons. The molecule has 0 saturated heterocycles. The van der Waals surface area contributed by atoms with Crippen LogP contribution in [0.2, 0.25) is 0 Å². The number of aromatic nitrogens is 3. The highest BCUT2D eigenvalue weighted by atomic mass is 32.2. The summed E-state index contributed by atoms with van der Waals surface area (Å²) in [5.41, 5.74) is 1.18. The molecule has 0 spiro atoms. The molecule has 2 heterocycles. The molecule has 0 aliphatic rings. The van der Waals surface area contributed by atoms with Crippen LogP contribution in [-0.2, 0) is 4.79 Å². The molecule has 0 aliphatic heterocycles. The summed E-state index contributed by atoms with van der Waals surface area (Å²) < 4.78 is 10.2. The number of amides is 1. The number of anilines is 1. The van der Waals surface area contributed by atoms with E-state index in [0.717, 1.165) is 4.90 Å². The van der Waals surface area contributed by atoms with Gasteiger partial charge < -0.3 is 8.94 Å². The molecule has 8 heteroatoms. The lowest BCUT2D eigenvalue weighted by molar-refractivity contribution is -0.113. The van der Waals surface area contributed by atoms with Crippen LogP contribution in [0, 0.1) is 6.92 Å². The molecule has 0 radical (unpaired) electrons. The Bertz CT molecular complexity index is 753. The Kier molecular flexibility index (Phi) is 4.19. The molecule has 7 nitrogen and oxygen atoms in total. The predicted octanol–water partition coefficient (Wildman–Crippen LogP) is 2.76.